The van der Waals surface area contributed by atoms with Crippen LogP contribution in [0, 0.1) is 5.82 Å². The Morgan fingerprint density at radius 1 is 1.00 bits per heavy atom. The molecule has 1 heterocycles. The van der Waals surface area contributed by atoms with Crippen LogP contribution in [0.2, 0.25) is 0 Å². The van der Waals surface area contributed by atoms with Crippen molar-refractivity contribution >= 4 is 28.9 Å². The van der Waals surface area contributed by atoms with Crippen LogP contribution >= 0.6 is 0 Å². The Labute approximate surface area is 136 Å². The summed E-state index contributed by atoms with van der Waals surface area (Å²) in [4.78, 5) is 12.4. The van der Waals surface area contributed by atoms with E-state index in [4.69, 9.17) is 11.5 Å². The van der Waals surface area contributed by atoms with Crippen molar-refractivity contribution in [3.63, 3.8) is 0 Å². The topological polar surface area (TPSA) is 112 Å². The predicted molar refractivity (Wildman–Crippen MR) is 87.8 cm³/mol. The zero-order valence-corrected chi connectivity index (χ0v) is 12.4. The Morgan fingerprint density at radius 2 is 1.67 bits per heavy atom. The highest BCUT2D eigenvalue weighted by atomic mass is 19.1. The molecule has 0 amide bonds. The molecule has 0 aliphatic rings. The molecule has 0 atom stereocenters. The molecule has 0 saturated carbocycles. The second-order valence-corrected chi connectivity index (χ2v) is 4.88. The molecule has 1 aromatic heterocycles. The number of azo groups is 1. The lowest BCUT2D eigenvalue weighted by Crippen LogP contribution is -2.16. The van der Waals surface area contributed by atoms with E-state index in [-0.39, 0.29) is 23.1 Å². The van der Waals surface area contributed by atoms with Crippen LogP contribution in [0.1, 0.15) is 10.4 Å². The van der Waals surface area contributed by atoms with Gasteiger partial charge in [-0.2, -0.15) is 9.80 Å². The largest absolute Gasteiger partial charge is 0.382 e. The van der Waals surface area contributed by atoms with Crippen LogP contribution in [0.4, 0.5) is 27.4 Å². The average Bonchev–Trinajstić information content (AvgIpc) is 2.89. The molecule has 120 valence electrons. The van der Waals surface area contributed by atoms with Crippen molar-refractivity contribution in [3.05, 3.63) is 66.0 Å². The summed E-state index contributed by atoms with van der Waals surface area (Å²) in [6, 6.07) is 13.9. The first-order valence-corrected chi connectivity index (χ1v) is 6.97. The van der Waals surface area contributed by atoms with Gasteiger partial charge in [0.2, 0.25) is 0 Å². The summed E-state index contributed by atoms with van der Waals surface area (Å²) in [5.74, 6) is -0.854. The van der Waals surface area contributed by atoms with Crippen molar-refractivity contribution in [3.8, 4) is 0 Å². The Kier molecular flexibility index (Phi) is 4.02. The van der Waals surface area contributed by atoms with E-state index in [0.717, 1.165) is 4.68 Å². The SMILES string of the molecule is Nc1nn(C(=O)c2ccccc2)c(N)c1N=Nc1ccc(F)cc1. The fourth-order valence-electron chi connectivity index (χ4n) is 2.02. The van der Waals surface area contributed by atoms with Crippen molar-refractivity contribution in [2.45, 2.75) is 0 Å². The zero-order chi connectivity index (χ0) is 17.1. The molecule has 0 fully saturated rings. The van der Waals surface area contributed by atoms with Crippen LogP contribution < -0.4 is 11.5 Å². The summed E-state index contributed by atoms with van der Waals surface area (Å²) in [6.07, 6.45) is 0. The summed E-state index contributed by atoms with van der Waals surface area (Å²) in [5.41, 5.74) is 12.6. The smallest absolute Gasteiger partial charge is 0.280 e. The van der Waals surface area contributed by atoms with Gasteiger partial charge >= 0.3 is 0 Å². The van der Waals surface area contributed by atoms with Gasteiger partial charge in [-0.15, -0.1) is 10.2 Å². The number of anilines is 2. The molecule has 0 radical (unpaired) electrons. The maximum absolute atomic E-state index is 12.9. The molecule has 0 bridgehead atoms. The van der Waals surface area contributed by atoms with Gasteiger partial charge in [0.15, 0.2) is 17.3 Å². The van der Waals surface area contributed by atoms with Gasteiger partial charge in [0, 0.05) is 5.56 Å². The average molecular weight is 324 g/mol. The van der Waals surface area contributed by atoms with Crippen molar-refractivity contribution in [1.82, 2.24) is 9.78 Å². The highest BCUT2D eigenvalue weighted by Gasteiger charge is 2.19. The first-order chi connectivity index (χ1) is 11.6. The molecule has 4 N–H and O–H groups in total. The number of benzene rings is 2. The van der Waals surface area contributed by atoms with Gasteiger partial charge in [0.1, 0.15) is 5.82 Å². The molecule has 3 aromatic rings. The molecule has 24 heavy (non-hydrogen) atoms. The lowest BCUT2D eigenvalue weighted by molar-refractivity contribution is 0.0948. The summed E-state index contributed by atoms with van der Waals surface area (Å²) in [7, 11) is 0. The third-order valence-electron chi connectivity index (χ3n) is 3.23. The van der Waals surface area contributed by atoms with E-state index in [1.165, 1.54) is 24.3 Å². The molecular formula is C16H13FN6O. The maximum atomic E-state index is 12.9. The third kappa shape index (κ3) is 2.98. The van der Waals surface area contributed by atoms with Crippen LogP contribution in [-0.4, -0.2) is 15.7 Å². The Balaban J connectivity index is 1.92. The van der Waals surface area contributed by atoms with E-state index in [9.17, 15) is 9.18 Å². The number of carbonyl (C=O) groups excluding carboxylic acids is 1. The summed E-state index contributed by atoms with van der Waals surface area (Å²) < 4.78 is 13.8. The Morgan fingerprint density at radius 3 is 2.33 bits per heavy atom. The van der Waals surface area contributed by atoms with Gasteiger partial charge in [-0.25, -0.2) is 4.39 Å². The number of rotatable bonds is 3. The first kappa shape index (κ1) is 15.3. The summed E-state index contributed by atoms with van der Waals surface area (Å²) in [5, 5.41) is 11.8. The quantitative estimate of drug-likeness (QED) is 0.720. The lowest BCUT2D eigenvalue weighted by Gasteiger charge is -2.02. The fraction of sp³-hybridized carbons (Fsp3) is 0. The number of nitrogen functional groups attached to an aromatic ring is 2. The molecular weight excluding hydrogens is 311 g/mol. The second kappa shape index (κ2) is 6.29. The highest BCUT2D eigenvalue weighted by Crippen LogP contribution is 2.31. The molecule has 7 nitrogen and oxygen atoms in total. The first-order valence-electron chi connectivity index (χ1n) is 6.97. The van der Waals surface area contributed by atoms with Crippen molar-refractivity contribution < 1.29 is 9.18 Å². The van der Waals surface area contributed by atoms with Gasteiger partial charge in [0.25, 0.3) is 5.91 Å². The van der Waals surface area contributed by atoms with Crippen molar-refractivity contribution in [1.29, 1.82) is 0 Å². The fourth-order valence-corrected chi connectivity index (χ4v) is 2.02. The number of hydrogen-bond acceptors (Lipinski definition) is 6. The minimum absolute atomic E-state index is 0.0211. The van der Waals surface area contributed by atoms with Gasteiger partial charge in [0.05, 0.1) is 5.69 Å². The number of aromatic nitrogens is 2. The van der Waals surface area contributed by atoms with E-state index in [1.807, 2.05) is 0 Å². The van der Waals surface area contributed by atoms with E-state index in [1.54, 1.807) is 30.3 Å². The normalized spacial score (nSPS) is 11.0. The number of nitrogens with zero attached hydrogens (tertiary/aromatic N) is 4. The Bertz CT molecular complexity index is 902. The molecule has 0 aliphatic heterocycles. The van der Waals surface area contributed by atoms with E-state index < -0.39 is 5.91 Å². The van der Waals surface area contributed by atoms with Gasteiger partial charge in [-0.05, 0) is 36.4 Å². The van der Waals surface area contributed by atoms with Crippen LogP contribution in [0.3, 0.4) is 0 Å². The van der Waals surface area contributed by atoms with Gasteiger partial charge in [-0.1, -0.05) is 18.2 Å². The molecule has 2 aromatic carbocycles. The highest BCUT2D eigenvalue weighted by molar-refractivity contribution is 5.99. The summed E-state index contributed by atoms with van der Waals surface area (Å²) >= 11 is 0. The second-order valence-electron chi connectivity index (χ2n) is 4.88. The van der Waals surface area contributed by atoms with Crippen LogP contribution in [0.25, 0.3) is 0 Å². The van der Waals surface area contributed by atoms with Gasteiger partial charge in [-0.3, -0.25) is 4.79 Å². The number of nitrogens with two attached hydrogens (primary N) is 2. The molecule has 8 heteroatoms. The molecule has 3 rings (SSSR count). The third-order valence-corrected chi connectivity index (χ3v) is 3.23. The molecule has 0 spiro atoms. The molecule has 0 aliphatic carbocycles. The Hall–Kier alpha value is -3.55. The standard InChI is InChI=1S/C16H13FN6O/c17-11-6-8-12(9-7-11)20-21-13-14(18)22-23(15(13)19)16(24)10-4-2-1-3-5-10/h1-9H,19H2,(H2,18,22). The minimum Gasteiger partial charge on any atom is -0.382 e. The van der Waals surface area contributed by atoms with E-state index in [2.05, 4.69) is 15.3 Å². The van der Waals surface area contributed by atoms with Crippen LogP contribution in [0.15, 0.2) is 64.8 Å². The van der Waals surface area contributed by atoms with Crippen LogP contribution in [-0.2, 0) is 0 Å². The zero-order valence-electron chi connectivity index (χ0n) is 12.4. The number of halogens is 1. The number of carbonyl (C=O) groups is 1. The minimum atomic E-state index is -0.428. The molecule has 0 unspecified atom stereocenters. The monoisotopic (exact) mass is 324 g/mol. The molecule has 0 saturated heterocycles. The van der Waals surface area contributed by atoms with E-state index in [0.29, 0.717) is 11.3 Å². The summed E-state index contributed by atoms with van der Waals surface area (Å²) in [6.45, 7) is 0. The van der Waals surface area contributed by atoms with Crippen molar-refractivity contribution in [2.75, 3.05) is 11.5 Å². The van der Waals surface area contributed by atoms with Crippen molar-refractivity contribution in [2.24, 2.45) is 10.2 Å². The lowest BCUT2D eigenvalue weighted by atomic mass is 10.2. The maximum Gasteiger partial charge on any atom is 0.280 e. The number of hydrogen-bond donors (Lipinski definition) is 2. The van der Waals surface area contributed by atoms with Crippen LogP contribution in [0.5, 0.6) is 0 Å². The van der Waals surface area contributed by atoms with Gasteiger partial charge < -0.3 is 11.5 Å². The van der Waals surface area contributed by atoms with E-state index >= 15 is 0 Å². The predicted octanol–water partition coefficient (Wildman–Crippen LogP) is 3.29.